The van der Waals surface area contributed by atoms with Crippen LogP contribution in [0.15, 0.2) is 34.8 Å². The number of nitrogens with one attached hydrogen (secondary N) is 1. The van der Waals surface area contributed by atoms with Crippen molar-refractivity contribution >= 4 is 33.5 Å². The Morgan fingerprint density at radius 1 is 1.33 bits per heavy atom. The summed E-state index contributed by atoms with van der Waals surface area (Å²) in [5, 5.41) is 6.59. The van der Waals surface area contributed by atoms with Gasteiger partial charge < -0.3 is 10.1 Å². The average Bonchev–Trinajstić information content (AvgIpc) is 3.02. The fourth-order valence-electron chi connectivity index (χ4n) is 2.78. The lowest BCUT2D eigenvalue weighted by atomic mass is 10.1. The van der Waals surface area contributed by atoms with Crippen LogP contribution in [-0.4, -0.2) is 40.4 Å². The lowest BCUT2D eigenvalue weighted by Gasteiger charge is -2.31. The van der Waals surface area contributed by atoms with Crippen molar-refractivity contribution in [3.05, 3.63) is 46.1 Å². The number of ketones is 1. The number of anilines is 1. The minimum Gasteiger partial charge on any atom is -0.453 e. The van der Waals surface area contributed by atoms with Crippen molar-refractivity contribution < 1.29 is 27.5 Å². The highest BCUT2D eigenvalue weighted by Crippen LogP contribution is 2.39. The Kier molecular flexibility index (Phi) is 5.27. The summed E-state index contributed by atoms with van der Waals surface area (Å²) in [6, 6.07) is 5.41. The molecule has 0 radical (unpaired) electrons. The van der Waals surface area contributed by atoms with E-state index >= 15 is 0 Å². The van der Waals surface area contributed by atoms with E-state index in [0.717, 1.165) is 9.15 Å². The van der Waals surface area contributed by atoms with Crippen LogP contribution < -0.4 is 5.32 Å². The molecule has 1 aliphatic heterocycles. The molecule has 27 heavy (non-hydrogen) atoms. The third-order valence-corrected chi connectivity index (χ3v) is 4.62. The van der Waals surface area contributed by atoms with Gasteiger partial charge in [-0.15, -0.1) is 0 Å². The second-order valence-corrected chi connectivity index (χ2v) is 7.12. The fraction of sp³-hybridized carbons (Fsp3) is 0.353. The first-order chi connectivity index (χ1) is 12.6. The van der Waals surface area contributed by atoms with Crippen molar-refractivity contribution in [1.29, 1.82) is 0 Å². The van der Waals surface area contributed by atoms with Crippen LogP contribution >= 0.6 is 15.9 Å². The number of ether oxygens (including phenoxy) is 1. The Balaban J connectivity index is 1.71. The predicted molar refractivity (Wildman–Crippen MR) is 93.8 cm³/mol. The minimum absolute atomic E-state index is 0.0854. The molecule has 6 nitrogen and oxygen atoms in total. The highest BCUT2D eigenvalue weighted by Gasteiger charge is 2.45. The number of nitrogens with zero attached hydrogens (tertiary/aromatic N) is 2. The molecule has 10 heteroatoms. The number of esters is 1. The molecule has 1 N–H and O–H groups in total. The van der Waals surface area contributed by atoms with Gasteiger partial charge in [-0.05, 0) is 25.5 Å². The molecule has 0 spiro atoms. The second-order valence-electron chi connectivity index (χ2n) is 6.20. The van der Waals surface area contributed by atoms with Gasteiger partial charge in [0.05, 0.1) is 0 Å². The number of hydrogen-bond acceptors (Lipinski definition) is 5. The number of carbonyl (C=O) groups is 2. The Morgan fingerprint density at radius 3 is 2.63 bits per heavy atom. The third kappa shape index (κ3) is 4.32. The van der Waals surface area contributed by atoms with Crippen LogP contribution in [0.2, 0.25) is 0 Å². The number of Topliss-reactive ketones (excluding diaryl/α,β-unsaturated/α-hetero) is 1. The summed E-state index contributed by atoms with van der Waals surface area (Å²) in [7, 11) is 0. The topological polar surface area (TPSA) is 73.2 Å². The smallest absolute Gasteiger partial charge is 0.410 e. The summed E-state index contributed by atoms with van der Waals surface area (Å²) in [6.07, 6.45) is -4.69. The van der Waals surface area contributed by atoms with E-state index in [-0.39, 0.29) is 17.9 Å². The normalized spacial score (nSPS) is 19.1. The second kappa shape index (κ2) is 7.34. The molecular formula is C17H15BrF3N3O3. The summed E-state index contributed by atoms with van der Waals surface area (Å²) in [4.78, 5) is 24.2. The molecule has 0 unspecified atom stereocenters. The molecule has 2 atom stereocenters. The number of hydrogen-bond donors (Lipinski definition) is 1. The van der Waals surface area contributed by atoms with E-state index in [9.17, 15) is 22.8 Å². The summed E-state index contributed by atoms with van der Waals surface area (Å²) in [5.74, 6) is -1.31. The third-order valence-electron chi connectivity index (χ3n) is 4.09. The quantitative estimate of drug-likeness (QED) is 0.568. The van der Waals surface area contributed by atoms with Gasteiger partial charge in [-0.1, -0.05) is 28.1 Å². The van der Waals surface area contributed by atoms with Crippen LogP contribution in [0, 0.1) is 0 Å². The van der Waals surface area contributed by atoms with Crippen molar-refractivity contribution in [2.75, 3.05) is 11.9 Å². The zero-order valence-electron chi connectivity index (χ0n) is 14.1. The molecule has 0 amide bonds. The van der Waals surface area contributed by atoms with Gasteiger partial charge >= 0.3 is 12.1 Å². The monoisotopic (exact) mass is 445 g/mol. The zero-order chi connectivity index (χ0) is 19.8. The molecule has 2 aromatic rings. The van der Waals surface area contributed by atoms with E-state index in [4.69, 9.17) is 4.74 Å². The molecule has 0 bridgehead atoms. The molecule has 0 saturated heterocycles. The molecule has 1 aromatic heterocycles. The lowest BCUT2D eigenvalue weighted by molar-refractivity contribution is -0.173. The van der Waals surface area contributed by atoms with Crippen LogP contribution in [-0.2, 0) is 4.74 Å². The summed E-state index contributed by atoms with van der Waals surface area (Å²) in [6.45, 7) is 1.08. The van der Waals surface area contributed by atoms with Crippen LogP contribution in [0.4, 0.5) is 19.0 Å². The van der Waals surface area contributed by atoms with Gasteiger partial charge in [0.15, 0.2) is 24.1 Å². The van der Waals surface area contributed by atoms with Crippen molar-refractivity contribution in [2.45, 2.75) is 31.6 Å². The first-order valence-electron chi connectivity index (χ1n) is 8.04. The maximum Gasteiger partial charge on any atom is 0.410 e. The Morgan fingerprint density at radius 2 is 2.00 bits per heavy atom. The largest absolute Gasteiger partial charge is 0.453 e. The van der Waals surface area contributed by atoms with Crippen molar-refractivity contribution in [3.63, 3.8) is 0 Å². The Labute approximate surface area is 160 Å². The van der Waals surface area contributed by atoms with Gasteiger partial charge in [0.25, 0.3) is 0 Å². The van der Waals surface area contributed by atoms with E-state index in [0.29, 0.717) is 5.56 Å². The molecule has 1 aliphatic rings. The number of carbonyl (C=O) groups excluding carboxylic acids is 2. The average molecular weight is 446 g/mol. The van der Waals surface area contributed by atoms with Gasteiger partial charge in [0.1, 0.15) is 5.82 Å². The van der Waals surface area contributed by atoms with Crippen LogP contribution in [0.3, 0.4) is 0 Å². The van der Waals surface area contributed by atoms with Crippen molar-refractivity contribution in [2.24, 2.45) is 0 Å². The summed E-state index contributed by atoms with van der Waals surface area (Å²) in [5.41, 5.74) is 0.0622. The molecule has 3 rings (SSSR count). The van der Waals surface area contributed by atoms with E-state index in [1.54, 1.807) is 31.2 Å². The summed E-state index contributed by atoms with van der Waals surface area (Å²) >= 11 is 3.24. The highest BCUT2D eigenvalue weighted by molar-refractivity contribution is 9.10. The van der Waals surface area contributed by atoms with E-state index < -0.39 is 36.6 Å². The molecule has 1 aromatic carbocycles. The molecule has 144 valence electrons. The highest BCUT2D eigenvalue weighted by atomic mass is 79.9. The summed E-state index contributed by atoms with van der Waals surface area (Å²) < 4.78 is 46.1. The van der Waals surface area contributed by atoms with E-state index in [1.807, 2.05) is 0 Å². The first kappa shape index (κ1) is 19.4. The predicted octanol–water partition coefficient (Wildman–Crippen LogP) is 3.99. The molecule has 0 fully saturated rings. The van der Waals surface area contributed by atoms with Crippen LogP contribution in [0.5, 0.6) is 0 Å². The van der Waals surface area contributed by atoms with Gasteiger partial charge in [-0.2, -0.15) is 18.3 Å². The molecular weight excluding hydrogens is 431 g/mol. The van der Waals surface area contributed by atoms with Crippen molar-refractivity contribution in [3.8, 4) is 0 Å². The number of halogens is 4. The minimum atomic E-state index is -4.49. The van der Waals surface area contributed by atoms with Crippen LogP contribution in [0.1, 0.15) is 40.2 Å². The molecule has 0 aliphatic carbocycles. The fourth-order valence-corrected chi connectivity index (χ4v) is 3.05. The van der Waals surface area contributed by atoms with Gasteiger partial charge in [-0.3, -0.25) is 4.79 Å². The van der Waals surface area contributed by atoms with Crippen LogP contribution in [0.25, 0.3) is 0 Å². The lowest BCUT2D eigenvalue weighted by Crippen LogP contribution is -2.37. The van der Waals surface area contributed by atoms with E-state index in [1.165, 1.54) is 6.07 Å². The molecule has 2 heterocycles. The molecule has 0 saturated carbocycles. The van der Waals surface area contributed by atoms with Gasteiger partial charge in [0.2, 0.25) is 0 Å². The van der Waals surface area contributed by atoms with E-state index in [2.05, 4.69) is 26.3 Å². The standard InChI is InChI=1S/C17H15BrF3N3O3/c1-9-6-14(17(19,20)21)24-15(22-9)7-12(23-24)16(26)27-8-13(25)10-2-4-11(18)5-3-10/h2-5,7,9,14,22H,6,8H2,1H3/t9-,14-/m0/s1. The first-order valence-corrected chi connectivity index (χ1v) is 8.83. The maximum atomic E-state index is 13.2. The van der Waals surface area contributed by atoms with Crippen molar-refractivity contribution in [1.82, 2.24) is 9.78 Å². The number of aromatic nitrogens is 2. The zero-order valence-corrected chi connectivity index (χ0v) is 15.7. The van der Waals surface area contributed by atoms with Gasteiger partial charge in [-0.25, -0.2) is 9.48 Å². The number of rotatable bonds is 4. The van der Waals surface area contributed by atoms with Gasteiger partial charge in [0, 0.05) is 22.1 Å². The Hall–Kier alpha value is -2.36. The maximum absolute atomic E-state index is 13.2. The SMILES string of the molecule is C[C@H]1C[C@@H](C(F)(F)F)n2nc(C(=O)OCC(=O)c3ccc(Br)cc3)cc2N1. The number of benzene rings is 1. The number of fused-ring (bicyclic) bond motifs is 1. The number of alkyl halides is 3. The Bertz CT molecular complexity index is 865.